The van der Waals surface area contributed by atoms with E-state index in [0.717, 1.165) is 0 Å². The van der Waals surface area contributed by atoms with Gasteiger partial charge in [-0.2, -0.15) is 8.78 Å². The van der Waals surface area contributed by atoms with E-state index in [-0.39, 0.29) is 0 Å². The molecule has 0 radical (unpaired) electrons. The molecule has 0 heterocycles. The second kappa shape index (κ2) is 3.03. The van der Waals surface area contributed by atoms with Crippen LogP contribution in [0.5, 0.6) is 0 Å². The Balaban J connectivity index is 2.60. The van der Waals surface area contributed by atoms with E-state index in [0.29, 0.717) is 19.3 Å². The van der Waals surface area contributed by atoms with Crippen molar-refractivity contribution in [1.29, 1.82) is 0 Å². The first kappa shape index (κ1) is 9.48. The van der Waals surface area contributed by atoms with Crippen molar-refractivity contribution < 1.29 is 22.4 Å². The third kappa shape index (κ3) is 1.44. The Morgan fingerprint density at radius 3 is 2.08 bits per heavy atom. The minimum atomic E-state index is -4.44. The summed E-state index contributed by atoms with van der Waals surface area (Å²) in [6, 6.07) is 0. The van der Waals surface area contributed by atoms with Crippen molar-refractivity contribution in [1.82, 2.24) is 0 Å². The second-order valence-corrected chi connectivity index (χ2v) is 2.92. The molecule has 0 amide bonds. The zero-order valence-corrected chi connectivity index (χ0v) is 6.20. The fourth-order valence-corrected chi connectivity index (χ4v) is 1.05. The van der Waals surface area contributed by atoms with Crippen LogP contribution < -0.4 is 0 Å². The maximum absolute atomic E-state index is 12.3. The van der Waals surface area contributed by atoms with Crippen molar-refractivity contribution >= 4 is 5.78 Å². The summed E-state index contributed by atoms with van der Waals surface area (Å²) >= 11 is 0. The van der Waals surface area contributed by atoms with Crippen LogP contribution in [0.15, 0.2) is 0 Å². The highest BCUT2D eigenvalue weighted by molar-refractivity contribution is 5.88. The van der Waals surface area contributed by atoms with E-state index in [1.165, 1.54) is 0 Å². The second-order valence-electron chi connectivity index (χ2n) is 2.92. The van der Waals surface area contributed by atoms with Gasteiger partial charge in [0.2, 0.25) is 5.78 Å². The molecule has 1 fully saturated rings. The number of hydrogen-bond acceptors (Lipinski definition) is 1. The number of carbonyl (C=O) groups is 1. The van der Waals surface area contributed by atoms with Gasteiger partial charge < -0.3 is 0 Å². The molecule has 1 saturated carbocycles. The predicted octanol–water partition coefficient (Wildman–Crippen LogP) is 2.26. The average Bonchev–Trinajstić information content (AvgIpc) is 1.83. The van der Waals surface area contributed by atoms with E-state index in [9.17, 15) is 22.4 Å². The van der Waals surface area contributed by atoms with Crippen molar-refractivity contribution in [2.75, 3.05) is 0 Å². The van der Waals surface area contributed by atoms with Gasteiger partial charge in [-0.1, -0.05) is 6.42 Å². The molecule has 1 nitrogen and oxygen atoms in total. The van der Waals surface area contributed by atoms with Gasteiger partial charge in [0.25, 0.3) is 0 Å². The molecule has 70 valence electrons. The van der Waals surface area contributed by atoms with Crippen molar-refractivity contribution in [3.05, 3.63) is 0 Å². The molecule has 0 aromatic rings. The monoisotopic (exact) mass is 184 g/mol. The van der Waals surface area contributed by atoms with Gasteiger partial charge in [-0.25, -0.2) is 8.78 Å². The Morgan fingerprint density at radius 2 is 1.83 bits per heavy atom. The van der Waals surface area contributed by atoms with Gasteiger partial charge in [-0.05, 0) is 12.8 Å². The fourth-order valence-electron chi connectivity index (χ4n) is 1.05. The van der Waals surface area contributed by atoms with Crippen molar-refractivity contribution in [3.63, 3.8) is 0 Å². The standard InChI is InChI=1S/C7H8F4O/c8-6(9)7(10,11)5(12)4-2-1-3-4/h4,6H,1-3H2. The molecule has 12 heavy (non-hydrogen) atoms. The molecule has 0 N–H and O–H groups in total. The molecule has 1 rings (SSSR count). The predicted molar refractivity (Wildman–Crippen MR) is 33.3 cm³/mol. The first-order chi connectivity index (χ1) is 5.46. The molecule has 1 aliphatic rings. The maximum Gasteiger partial charge on any atom is 0.364 e. The number of Topliss-reactive ketones (excluding diaryl/α,β-unsaturated/α-hetero) is 1. The van der Waals surface area contributed by atoms with Crippen LogP contribution in [0.2, 0.25) is 0 Å². The average molecular weight is 184 g/mol. The summed E-state index contributed by atoms with van der Waals surface area (Å²) < 4.78 is 47.8. The van der Waals surface area contributed by atoms with Crippen LogP contribution in [0.3, 0.4) is 0 Å². The van der Waals surface area contributed by atoms with E-state index in [1.807, 2.05) is 0 Å². The van der Waals surface area contributed by atoms with Gasteiger partial charge >= 0.3 is 12.3 Å². The first-order valence-electron chi connectivity index (χ1n) is 3.66. The molecular weight excluding hydrogens is 176 g/mol. The van der Waals surface area contributed by atoms with Crippen LogP contribution in [0.1, 0.15) is 19.3 Å². The Labute approximate surface area is 66.7 Å². The van der Waals surface area contributed by atoms with Crippen LogP contribution in [0, 0.1) is 5.92 Å². The van der Waals surface area contributed by atoms with Gasteiger partial charge in [-0.15, -0.1) is 0 Å². The zero-order chi connectivity index (χ0) is 9.35. The Bertz CT molecular complexity index is 186. The number of rotatable bonds is 3. The number of carbonyl (C=O) groups excluding carboxylic acids is 1. The third-order valence-electron chi connectivity index (χ3n) is 2.08. The molecule has 5 heteroatoms. The van der Waals surface area contributed by atoms with E-state index in [4.69, 9.17) is 0 Å². The van der Waals surface area contributed by atoms with E-state index in [1.54, 1.807) is 0 Å². The molecule has 0 unspecified atom stereocenters. The van der Waals surface area contributed by atoms with E-state index >= 15 is 0 Å². The summed E-state index contributed by atoms with van der Waals surface area (Å²) in [7, 11) is 0. The van der Waals surface area contributed by atoms with Crippen LogP contribution in [-0.4, -0.2) is 18.1 Å². The third-order valence-corrected chi connectivity index (χ3v) is 2.08. The molecule has 1 aliphatic carbocycles. The Hall–Kier alpha value is -0.610. The summed E-state index contributed by atoms with van der Waals surface area (Å²) in [5.41, 5.74) is 0. The smallest absolute Gasteiger partial charge is 0.292 e. The highest BCUT2D eigenvalue weighted by Crippen LogP contribution is 2.35. The topological polar surface area (TPSA) is 17.1 Å². The largest absolute Gasteiger partial charge is 0.364 e. The summed E-state index contributed by atoms with van der Waals surface area (Å²) in [5, 5.41) is 0. The van der Waals surface area contributed by atoms with E-state index in [2.05, 4.69) is 0 Å². The minimum Gasteiger partial charge on any atom is -0.292 e. The molecule has 0 aliphatic heterocycles. The maximum atomic E-state index is 12.3. The molecular formula is C7H8F4O. The van der Waals surface area contributed by atoms with Crippen LogP contribution >= 0.6 is 0 Å². The quantitative estimate of drug-likeness (QED) is 0.615. The van der Waals surface area contributed by atoms with Gasteiger partial charge in [0.1, 0.15) is 0 Å². The van der Waals surface area contributed by atoms with Crippen molar-refractivity contribution in [2.24, 2.45) is 5.92 Å². The van der Waals surface area contributed by atoms with Gasteiger partial charge in [0, 0.05) is 5.92 Å². The Kier molecular flexibility index (Phi) is 2.39. The zero-order valence-electron chi connectivity index (χ0n) is 6.20. The van der Waals surface area contributed by atoms with E-state index < -0.39 is 24.0 Å². The highest BCUT2D eigenvalue weighted by atomic mass is 19.3. The lowest BCUT2D eigenvalue weighted by atomic mass is 9.80. The number of halogens is 4. The lowest BCUT2D eigenvalue weighted by molar-refractivity contribution is -0.173. The molecule has 0 aromatic carbocycles. The lowest BCUT2D eigenvalue weighted by Gasteiger charge is -2.27. The molecule has 0 bridgehead atoms. The van der Waals surface area contributed by atoms with Crippen molar-refractivity contribution in [2.45, 2.75) is 31.6 Å². The summed E-state index contributed by atoms with van der Waals surface area (Å²) in [6.07, 6.45) is -2.55. The molecule has 0 spiro atoms. The normalized spacial score (nSPS) is 19.4. The number of alkyl halides is 4. The minimum absolute atomic E-state index is 0.321. The Morgan fingerprint density at radius 1 is 1.33 bits per heavy atom. The van der Waals surface area contributed by atoms with Gasteiger partial charge in [0.15, 0.2) is 0 Å². The molecule has 0 saturated heterocycles. The summed E-state index contributed by atoms with van der Waals surface area (Å²) in [6.45, 7) is 0. The lowest BCUT2D eigenvalue weighted by Crippen LogP contribution is -2.42. The van der Waals surface area contributed by atoms with Crippen LogP contribution in [0.25, 0.3) is 0 Å². The summed E-state index contributed by atoms with van der Waals surface area (Å²) in [4.78, 5) is 10.7. The van der Waals surface area contributed by atoms with Gasteiger partial charge in [0.05, 0.1) is 0 Å². The fraction of sp³-hybridized carbons (Fsp3) is 0.857. The highest BCUT2D eigenvalue weighted by Gasteiger charge is 2.52. The SMILES string of the molecule is O=C(C1CCC1)C(F)(F)C(F)F. The van der Waals surface area contributed by atoms with Crippen LogP contribution in [-0.2, 0) is 4.79 Å². The summed E-state index contributed by atoms with van der Waals surface area (Å²) in [5.74, 6) is -6.87. The number of hydrogen-bond donors (Lipinski definition) is 0. The first-order valence-corrected chi connectivity index (χ1v) is 3.66. The van der Waals surface area contributed by atoms with Crippen molar-refractivity contribution in [3.8, 4) is 0 Å². The van der Waals surface area contributed by atoms with Crippen LogP contribution in [0.4, 0.5) is 17.6 Å². The number of ketones is 1. The molecule has 0 aromatic heterocycles. The molecule has 0 atom stereocenters. The van der Waals surface area contributed by atoms with Gasteiger partial charge in [-0.3, -0.25) is 4.79 Å².